The smallest absolute Gasteiger partial charge is 0.236 e. The van der Waals surface area contributed by atoms with E-state index in [4.69, 9.17) is 11.5 Å². The zero-order chi connectivity index (χ0) is 9.84. The third-order valence-electron chi connectivity index (χ3n) is 2.70. The van der Waals surface area contributed by atoms with E-state index in [0.717, 1.165) is 19.3 Å². The largest absolute Gasteiger partial charge is 0.352 e. The third-order valence-corrected chi connectivity index (χ3v) is 2.70. The molecule has 2 unspecified atom stereocenters. The Balaban J connectivity index is 2.39. The van der Waals surface area contributed by atoms with Crippen LogP contribution in [-0.2, 0) is 4.79 Å². The predicted octanol–water partition coefficient (Wildman–Crippen LogP) is -0.423. The summed E-state index contributed by atoms with van der Waals surface area (Å²) in [4.78, 5) is 11.3. The van der Waals surface area contributed by atoms with Gasteiger partial charge in [0, 0.05) is 6.04 Å². The molecule has 5 N–H and O–H groups in total. The first-order chi connectivity index (χ1) is 6.15. The molecule has 1 aliphatic rings. The van der Waals surface area contributed by atoms with Crippen molar-refractivity contribution in [2.45, 2.75) is 38.3 Å². The van der Waals surface area contributed by atoms with Gasteiger partial charge in [0.15, 0.2) is 0 Å². The Kier molecular flexibility index (Phi) is 3.69. The van der Waals surface area contributed by atoms with Gasteiger partial charge in [0.2, 0.25) is 5.91 Å². The van der Waals surface area contributed by atoms with E-state index >= 15 is 0 Å². The van der Waals surface area contributed by atoms with Crippen LogP contribution in [0.25, 0.3) is 0 Å². The number of hydrogen-bond acceptors (Lipinski definition) is 3. The third kappa shape index (κ3) is 2.67. The highest BCUT2D eigenvalue weighted by molar-refractivity contribution is 5.81. The van der Waals surface area contributed by atoms with Crippen molar-refractivity contribution in [3.63, 3.8) is 0 Å². The van der Waals surface area contributed by atoms with Crippen molar-refractivity contribution in [3.05, 3.63) is 0 Å². The first-order valence-electron chi connectivity index (χ1n) is 4.91. The Morgan fingerprint density at radius 3 is 2.85 bits per heavy atom. The number of carbonyl (C=O) groups is 1. The molecule has 4 nitrogen and oxygen atoms in total. The molecule has 0 aliphatic heterocycles. The molecule has 1 saturated carbocycles. The summed E-state index contributed by atoms with van der Waals surface area (Å²) in [5.74, 6) is 0.382. The van der Waals surface area contributed by atoms with E-state index in [2.05, 4.69) is 5.32 Å². The van der Waals surface area contributed by atoms with Crippen LogP contribution in [-0.4, -0.2) is 24.5 Å². The zero-order valence-corrected chi connectivity index (χ0v) is 8.12. The summed E-state index contributed by atoms with van der Waals surface area (Å²) in [7, 11) is 0. The minimum Gasteiger partial charge on any atom is -0.352 e. The Morgan fingerprint density at radius 1 is 1.62 bits per heavy atom. The lowest BCUT2D eigenvalue weighted by Gasteiger charge is -2.20. The highest BCUT2D eigenvalue weighted by Crippen LogP contribution is 2.24. The van der Waals surface area contributed by atoms with Crippen molar-refractivity contribution in [1.82, 2.24) is 5.32 Å². The van der Waals surface area contributed by atoms with Crippen LogP contribution < -0.4 is 16.8 Å². The number of nitrogens with two attached hydrogens (primary N) is 2. The van der Waals surface area contributed by atoms with Gasteiger partial charge in [-0.15, -0.1) is 0 Å². The lowest BCUT2D eigenvalue weighted by Crippen LogP contribution is -2.46. The number of nitrogens with one attached hydrogen (secondary N) is 1. The summed E-state index contributed by atoms with van der Waals surface area (Å²) in [5.41, 5.74) is 11.1. The molecule has 0 radical (unpaired) electrons. The molecule has 0 saturated heterocycles. The Morgan fingerprint density at radius 2 is 2.31 bits per heavy atom. The normalized spacial score (nSPS) is 30.1. The summed E-state index contributed by atoms with van der Waals surface area (Å²) in [5, 5.41) is 2.94. The second-order valence-electron chi connectivity index (χ2n) is 3.83. The molecule has 4 heteroatoms. The minimum absolute atomic E-state index is 0.0645. The fourth-order valence-corrected chi connectivity index (χ4v) is 1.82. The van der Waals surface area contributed by atoms with Crippen LogP contribution >= 0.6 is 0 Å². The van der Waals surface area contributed by atoms with E-state index in [0.29, 0.717) is 12.5 Å². The zero-order valence-electron chi connectivity index (χ0n) is 8.12. The second-order valence-corrected chi connectivity index (χ2v) is 3.83. The number of amides is 1. The quantitative estimate of drug-likeness (QED) is 0.558. The van der Waals surface area contributed by atoms with Crippen molar-refractivity contribution in [2.75, 3.05) is 6.54 Å². The Labute approximate surface area is 79.0 Å². The van der Waals surface area contributed by atoms with E-state index in [1.54, 1.807) is 6.92 Å². The molecule has 0 bridgehead atoms. The topological polar surface area (TPSA) is 81.1 Å². The van der Waals surface area contributed by atoms with Crippen LogP contribution in [0.1, 0.15) is 26.2 Å². The average Bonchev–Trinajstić information content (AvgIpc) is 2.51. The summed E-state index contributed by atoms with van der Waals surface area (Å²) >= 11 is 0. The number of rotatable bonds is 3. The molecule has 76 valence electrons. The van der Waals surface area contributed by atoms with Crippen LogP contribution in [0.5, 0.6) is 0 Å². The van der Waals surface area contributed by atoms with Gasteiger partial charge in [-0.05, 0) is 32.2 Å². The first-order valence-corrected chi connectivity index (χ1v) is 4.91. The van der Waals surface area contributed by atoms with Crippen LogP contribution in [0.4, 0.5) is 0 Å². The Bertz CT molecular complexity index is 182. The fraction of sp³-hybridized carbons (Fsp3) is 0.889. The summed E-state index contributed by atoms with van der Waals surface area (Å²) in [6.07, 6.45) is 3.33. The molecule has 0 heterocycles. The second kappa shape index (κ2) is 4.58. The Hall–Kier alpha value is -0.610. The van der Waals surface area contributed by atoms with Gasteiger partial charge in [0.05, 0.1) is 6.04 Å². The summed E-state index contributed by atoms with van der Waals surface area (Å²) in [6, 6.07) is -0.164. The number of carbonyl (C=O) groups excluding carboxylic acids is 1. The van der Waals surface area contributed by atoms with Crippen molar-refractivity contribution in [1.29, 1.82) is 0 Å². The highest BCUT2D eigenvalue weighted by Gasteiger charge is 2.27. The summed E-state index contributed by atoms with van der Waals surface area (Å²) in [6.45, 7) is 2.35. The molecular weight excluding hydrogens is 166 g/mol. The van der Waals surface area contributed by atoms with Gasteiger partial charge in [0.1, 0.15) is 0 Å². The van der Waals surface area contributed by atoms with Crippen molar-refractivity contribution in [3.8, 4) is 0 Å². The maximum atomic E-state index is 11.3. The first kappa shape index (κ1) is 10.5. The maximum absolute atomic E-state index is 11.3. The van der Waals surface area contributed by atoms with Crippen molar-refractivity contribution >= 4 is 5.91 Å². The molecule has 13 heavy (non-hydrogen) atoms. The van der Waals surface area contributed by atoms with E-state index in [9.17, 15) is 4.79 Å². The van der Waals surface area contributed by atoms with E-state index in [1.165, 1.54) is 0 Å². The van der Waals surface area contributed by atoms with Gasteiger partial charge in [-0.25, -0.2) is 0 Å². The molecule has 1 rings (SSSR count). The molecular formula is C9H19N3O. The van der Waals surface area contributed by atoms with Gasteiger partial charge in [-0.3, -0.25) is 4.79 Å². The molecule has 0 spiro atoms. The summed E-state index contributed by atoms with van der Waals surface area (Å²) < 4.78 is 0. The monoisotopic (exact) mass is 185 g/mol. The molecule has 0 aromatic carbocycles. The van der Waals surface area contributed by atoms with Crippen LogP contribution in [0.3, 0.4) is 0 Å². The fourth-order valence-electron chi connectivity index (χ4n) is 1.82. The van der Waals surface area contributed by atoms with E-state index in [-0.39, 0.29) is 11.9 Å². The van der Waals surface area contributed by atoms with Crippen LogP contribution in [0.15, 0.2) is 0 Å². The van der Waals surface area contributed by atoms with Crippen molar-refractivity contribution < 1.29 is 4.79 Å². The van der Waals surface area contributed by atoms with Gasteiger partial charge in [-0.2, -0.15) is 0 Å². The van der Waals surface area contributed by atoms with E-state index < -0.39 is 6.04 Å². The van der Waals surface area contributed by atoms with Gasteiger partial charge >= 0.3 is 0 Å². The van der Waals surface area contributed by atoms with E-state index in [1.807, 2.05) is 0 Å². The highest BCUT2D eigenvalue weighted by atomic mass is 16.2. The average molecular weight is 185 g/mol. The molecule has 0 aromatic rings. The maximum Gasteiger partial charge on any atom is 0.236 e. The molecule has 1 aliphatic carbocycles. The molecule has 3 atom stereocenters. The standard InChI is InChI=1S/C9H19N3O/c1-6(11)9(13)12-8-4-2-3-7(8)5-10/h6-8H,2-5,10-11H2,1H3,(H,12,13)/t6-,7?,8?/m1/s1. The number of hydrogen-bond donors (Lipinski definition) is 3. The lowest BCUT2D eigenvalue weighted by atomic mass is 10.0. The van der Waals surface area contributed by atoms with Crippen molar-refractivity contribution in [2.24, 2.45) is 17.4 Å². The van der Waals surface area contributed by atoms with Gasteiger partial charge in [0.25, 0.3) is 0 Å². The molecule has 1 fully saturated rings. The molecule has 0 aromatic heterocycles. The van der Waals surface area contributed by atoms with Crippen LogP contribution in [0.2, 0.25) is 0 Å². The lowest BCUT2D eigenvalue weighted by molar-refractivity contribution is -0.122. The van der Waals surface area contributed by atoms with Gasteiger partial charge in [-0.1, -0.05) is 6.42 Å². The minimum atomic E-state index is -0.418. The molecule has 1 amide bonds. The van der Waals surface area contributed by atoms with Gasteiger partial charge < -0.3 is 16.8 Å². The SMILES string of the molecule is C[C@@H](N)C(=O)NC1CCCC1CN. The van der Waals surface area contributed by atoms with Crippen LogP contribution in [0, 0.1) is 5.92 Å². The predicted molar refractivity (Wildman–Crippen MR) is 52.0 cm³/mol.